The number of ether oxygens (including phenoxy) is 1. The van der Waals surface area contributed by atoms with Gasteiger partial charge in [0, 0.05) is 17.8 Å². The van der Waals surface area contributed by atoms with E-state index in [0.29, 0.717) is 11.4 Å². The van der Waals surface area contributed by atoms with Crippen LogP contribution in [0.4, 0.5) is 11.4 Å². The third-order valence-corrected chi connectivity index (χ3v) is 2.32. The fourth-order valence-corrected chi connectivity index (χ4v) is 1.31. The van der Waals surface area contributed by atoms with Crippen LogP contribution in [0.2, 0.25) is 0 Å². The molecule has 84 valence electrons. The second-order valence-electron chi connectivity index (χ2n) is 3.39. The van der Waals surface area contributed by atoms with E-state index in [2.05, 4.69) is 5.32 Å². The molecule has 1 aromatic rings. The summed E-state index contributed by atoms with van der Waals surface area (Å²) < 4.78 is 5.11. The lowest BCUT2D eigenvalue weighted by molar-refractivity contribution is 0.272. The maximum absolute atomic E-state index is 9.05. The Labute approximate surface area is 90.1 Å². The summed E-state index contributed by atoms with van der Waals surface area (Å²) >= 11 is 0. The normalized spacial score (nSPS) is 12.2. The summed E-state index contributed by atoms with van der Waals surface area (Å²) in [5.41, 5.74) is 7.21. The van der Waals surface area contributed by atoms with Gasteiger partial charge < -0.3 is 20.9 Å². The molecule has 0 spiro atoms. The maximum atomic E-state index is 9.05. The monoisotopic (exact) mass is 210 g/mol. The van der Waals surface area contributed by atoms with E-state index in [4.69, 9.17) is 15.6 Å². The van der Waals surface area contributed by atoms with Crippen molar-refractivity contribution in [2.24, 2.45) is 0 Å². The summed E-state index contributed by atoms with van der Waals surface area (Å²) in [6.07, 6.45) is 0.864. The van der Waals surface area contributed by atoms with Crippen LogP contribution in [-0.2, 0) is 0 Å². The number of hydrogen-bond acceptors (Lipinski definition) is 4. The van der Waals surface area contributed by atoms with Crippen molar-refractivity contribution in [3.8, 4) is 5.75 Å². The van der Waals surface area contributed by atoms with Crippen LogP contribution in [0.5, 0.6) is 5.75 Å². The zero-order valence-corrected chi connectivity index (χ0v) is 9.16. The molecule has 0 aromatic heterocycles. The number of aliphatic hydroxyl groups is 1. The molecule has 0 fully saturated rings. The molecule has 0 saturated heterocycles. The molecule has 4 N–H and O–H groups in total. The average Bonchev–Trinajstić information content (AvgIpc) is 2.28. The largest absolute Gasteiger partial charge is 0.495 e. The summed E-state index contributed by atoms with van der Waals surface area (Å²) in [5, 5.41) is 12.2. The van der Waals surface area contributed by atoms with Gasteiger partial charge in [0.25, 0.3) is 0 Å². The van der Waals surface area contributed by atoms with Crippen LogP contribution in [0.15, 0.2) is 18.2 Å². The number of benzene rings is 1. The molecule has 0 aliphatic carbocycles. The smallest absolute Gasteiger partial charge is 0.143 e. The average molecular weight is 210 g/mol. The molecule has 0 heterocycles. The van der Waals surface area contributed by atoms with Gasteiger partial charge in [-0.1, -0.05) is 6.92 Å². The highest BCUT2D eigenvalue weighted by atomic mass is 16.5. The Morgan fingerprint density at radius 3 is 2.80 bits per heavy atom. The van der Waals surface area contributed by atoms with Gasteiger partial charge in [0.1, 0.15) is 5.75 Å². The maximum Gasteiger partial charge on any atom is 0.143 e. The predicted octanol–water partition coefficient (Wildman–Crippen LogP) is 1.46. The number of nitrogen functional groups attached to an aromatic ring is 1. The van der Waals surface area contributed by atoms with Gasteiger partial charge >= 0.3 is 0 Å². The molecule has 1 rings (SSSR count). The molecule has 1 aromatic carbocycles. The van der Waals surface area contributed by atoms with Crippen molar-refractivity contribution in [2.75, 3.05) is 24.8 Å². The molecule has 0 saturated carbocycles. The number of anilines is 2. The van der Waals surface area contributed by atoms with Gasteiger partial charge in [-0.2, -0.15) is 0 Å². The van der Waals surface area contributed by atoms with Crippen molar-refractivity contribution < 1.29 is 9.84 Å². The van der Waals surface area contributed by atoms with Crippen molar-refractivity contribution >= 4 is 11.4 Å². The molecule has 15 heavy (non-hydrogen) atoms. The highest BCUT2D eigenvalue weighted by Gasteiger charge is 2.06. The first-order chi connectivity index (χ1) is 7.21. The van der Waals surface area contributed by atoms with E-state index in [1.54, 1.807) is 13.2 Å². The second-order valence-corrected chi connectivity index (χ2v) is 3.39. The van der Waals surface area contributed by atoms with Crippen LogP contribution in [0.3, 0.4) is 0 Å². The van der Waals surface area contributed by atoms with E-state index in [1.165, 1.54) is 0 Å². The number of nitrogens with one attached hydrogen (secondary N) is 1. The first-order valence-corrected chi connectivity index (χ1v) is 5.02. The lowest BCUT2D eigenvalue weighted by Gasteiger charge is -2.16. The van der Waals surface area contributed by atoms with Crippen molar-refractivity contribution in [1.82, 2.24) is 0 Å². The Kier molecular flexibility index (Phi) is 4.24. The van der Waals surface area contributed by atoms with Gasteiger partial charge in [-0.05, 0) is 18.6 Å². The zero-order chi connectivity index (χ0) is 11.3. The van der Waals surface area contributed by atoms with Crippen molar-refractivity contribution in [3.63, 3.8) is 0 Å². The molecule has 0 bridgehead atoms. The number of rotatable bonds is 5. The summed E-state index contributed by atoms with van der Waals surface area (Å²) in [5.74, 6) is 0.646. The van der Waals surface area contributed by atoms with E-state index in [9.17, 15) is 0 Å². The number of nitrogens with two attached hydrogens (primary N) is 1. The Bertz CT molecular complexity index is 311. The van der Waals surface area contributed by atoms with Gasteiger partial charge in [0.05, 0.1) is 19.4 Å². The SMILES string of the molecule is CCC(CO)Nc1ccc(N)c(OC)c1. The summed E-state index contributed by atoms with van der Waals surface area (Å²) in [6, 6.07) is 5.55. The van der Waals surface area contributed by atoms with E-state index in [0.717, 1.165) is 12.1 Å². The van der Waals surface area contributed by atoms with Crippen LogP contribution in [0, 0.1) is 0 Å². The highest BCUT2D eigenvalue weighted by Crippen LogP contribution is 2.25. The Morgan fingerprint density at radius 2 is 2.27 bits per heavy atom. The lowest BCUT2D eigenvalue weighted by atomic mass is 10.2. The van der Waals surface area contributed by atoms with Crippen LogP contribution >= 0.6 is 0 Å². The molecule has 4 heteroatoms. The first-order valence-electron chi connectivity index (χ1n) is 5.02. The Balaban J connectivity index is 2.77. The summed E-state index contributed by atoms with van der Waals surface area (Å²) in [7, 11) is 1.58. The third-order valence-electron chi connectivity index (χ3n) is 2.32. The van der Waals surface area contributed by atoms with Gasteiger partial charge in [0.2, 0.25) is 0 Å². The molecule has 0 amide bonds. The Morgan fingerprint density at radius 1 is 1.53 bits per heavy atom. The second kappa shape index (κ2) is 5.46. The highest BCUT2D eigenvalue weighted by molar-refractivity contribution is 5.61. The summed E-state index contributed by atoms with van der Waals surface area (Å²) in [6.45, 7) is 2.13. The molecule has 1 unspecified atom stereocenters. The van der Waals surface area contributed by atoms with Crippen LogP contribution in [0.25, 0.3) is 0 Å². The van der Waals surface area contributed by atoms with E-state index < -0.39 is 0 Å². The van der Waals surface area contributed by atoms with Gasteiger partial charge in [-0.25, -0.2) is 0 Å². The molecule has 1 atom stereocenters. The minimum Gasteiger partial charge on any atom is -0.495 e. The van der Waals surface area contributed by atoms with Gasteiger partial charge in [-0.15, -0.1) is 0 Å². The van der Waals surface area contributed by atoms with E-state index in [-0.39, 0.29) is 12.6 Å². The van der Waals surface area contributed by atoms with Crippen LogP contribution < -0.4 is 15.8 Å². The fraction of sp³-hybridized carbons (Fsp3) is 0.455. The van der Waals surface area contributed by atoms with Gasteiger partial charge in [-0.3, -0.25) is 0 Å². The molecule has 0 aliphatic rings. The van der Waals surface area contributed by atoms with Gasteiger partial charge in [0.15, 0.2) is 0 Å². The lowest BCUT2D eigenvalue weighted by Crippen LogP contribution is -2.22. The third kappa shape index (κ3) is 3.02. The number of aliphatic hydroxyl groups excluding tert-OH is 1. The molecule has 0 aliphatic heterocycles. The fourth-order valence-electron chi connectivity index (χ4n) is 1.31. The first kappa shape index (κ1) is 11.7. The summed E-state index contributed by atoms with van der Waals surface area (Å²) in [4.78, 5) is 0. The van der Waals surface area contributed by atoms with Crippen LogP contribution in [-0.4, -0.2) is 24.9 Å². The molecular weight excluding hydrogens is 192 g/mol. The van der Waals surface area contributed by atoms with Crippen LogP contribution in [0.1, 0.15) is 13.3 Å². The van der Waals surface area contributed by atoms with E-state index in [1.807, 2.05) is 19.1 Å². The van der Waals surface area contributed by atoms with Crippen molar-refractivity contribution in [2.45, 2.75) is 19.4 Å². The Hall–Kier alpha value is -1.42. The minimum absolute atomic E-state index is 0.0679. The predicted molar refractivity (Wildman–Crippen MR) is 62.2 cm³/mol. The van der Waals surface area contributed by atoms with Crippen molar-refractivity contribution in [1.29, 1.82) is 0 Å². The molecule has 4 nitrogen and oxygen atoms in total. The molecule has 0 radical (unpaired) electrons. The number of hydrogen-bond donors (Lipinski definition) is 3. The quantitative estimate of drug-likeness (QED) is 0.644. The molecular formula is C11H18N2O2. The minimum atomic E-state index is 0.0679. The van der Waals surface area contributed by atoms with Crippen molar-refractivity contribution in [3.05, 3.63) is 18.2 Å². The number of methoxy groups -OCH3 is 1. The topological polar surface area (TPSA) is 67.5 Å². The van der Waals surface area contributed by atoms with E-state index >= 15 is 0 Å². The zero-order valence-electron chi connectivity index (χ0n) is 9.16. The standard InChI is InChI=1S/C11H18N2O2/c1-3-8(7-14)13-9-4-5-10(12)11(6-9)15-2/h4-6,8,13-14H,3,7,12H2,1-2H3.